The molecule has 19 heavy (non-hydrogen) atoms. The predicted molar refractivity (Wildman–Crippen MR) is 74.5 cm³/mol. The van der Waals surface area contributed by atoms with Gasteiger partial charge in [-0.3, -0.25) is 0 Å². The van der Waals surface area contributed by atoms with Crippen molar-refractivity contribution in [3.05, 3.63) is 24.3 Å². The number of anilines is 1. The first-order valence-corrected chi connectivity index (χ1v) is 7.85. The van der Waals surface area contributed by atoms with Gasteiger partial charge in [-0.25, -0.2) is 8.42 Å². The van der Waals surface area contributed by atoms with Crippen molar-refractivity contribution in [2.45, 2.75) is 24.3 Å². The van der Waals surface area contributed by atoms with Crippen LogP contribution >= 0.6 is 0 Å². The molecule has 5 nitrogen and oxygen atoms in total. The molecule has 0 aromatic heterocycles. The lowest BCUT2D eigenvalue weighted by Gasteiger charge is -2.33. The monoisotopic (exact) mass is 284 g/mol. The molecular formula is C13H20N2O3S. The number of aliphatic hydroxyl groups excluding tert-OH is 1. The van der Waals surface area contributed by atoms with E-state index in [1.165, 1.54) is 4.31 Å². The molecule has 1 fully saturated rings. The summed E-state index contributed by atoms with van der Waals surface area (Å²) in [5.41, 5.74) is 0.867. The van der Waals surface area contributed by atoms with Crippen molar-refractivity contribution in [2.24, 2.45) is 5.92 Å². The van der Waals surface area contributed by atoms with Crippen molar-refractivity contribution in [1.82, 2.24) is 4.31 Å². The smallest absolute Gasteiger partial charge is 0.243 e. The van der Waals surface area contributed by atoms with Crippen LogP contribution in [0.4, 0.5) is 5.69 Å². The molecule has 0 spiro atoms. The molecule has 1 aliphatic rings. The number of hydrogen-bond donors (Lipinski definition) is 2. The van der Waals surface area contributed by atoms with Gasteiger partial charge in [-0.1, -0.05) is 6.92 Å². The third-order valence-electron chi connectivity index (χ3n) is 3.66. The quantitative estimate of drug-likeness (QED) is 0.872. The van der Waals surface area contributed by atoms with Crippen molar-refractivity contribution in [2.75, 3.05) is 25.5 Å². The summed E-state index contributed by atoms with van der Waals surface area (Å²) in [6.45, 7) is 2.59. The Balaban J connectivity index is 2.21. The molecule has 2 atom stereocenters. The molecule has 2 N–H and O–H groups in total. The second-order valence-electron chi connectivity index (χ2n) is 4.97. The summed E-state index contributed by atoms with van der Waals surface area (Å²) in [5, 5.41) is 12.8. The second-order valence-corrected chi connectivity index (χ2v) is 6.91. The molecule has 106 valence electrons. The third kappa shape index (κ3) is 2.91. The van der Waals surface area contributed by atoms with Gasteiger partial charge in [0, 0.05) is 25.8 Å². The number of nitrogens with zero attached hydrogens (tertiary/aromatic N) is 1. The molecule has 2 unspecified atom stereocenters. The zero-order valence-electron chi connectivity index (χ0n) is 11.2. The summed E-state index contributed by atoms with van der Waals surface area (Å²) in [6, 6.07) is 6.64. The van der Waals surface area contributed by atoms with Crippen LogP contribution in [0.15, 0.2) is 29.2 Å². The minimum atomic E-state index is -3.50. The van der Waals surface area contributed by atoms with Crippen molar-refractivity contribution in [1.29, 1.82) is 0 Å². The number of sulfonamides is 1. The summed E-state index contributed by atoms with van der Waals surface area (Å²) < 4.78 is 26.2. The fourth-order valence-corrected chi connectivity index (χ4v) is 3.65. The van der Waals surface area contributed by atoms with Gasteiger partial charge in [0.05, 0.1) is 11.0 Å². The Hall–Kier alpha value is -1.11. The Bertz CT molecular complexity index is 527. The van der Waals surface area contributed by atoms with E-state index in [4.69, 9.17) is 0 Å². The maximum Gasteiger partial charge on any atom is 0.243 e. The minimum Gasteiger partial charge on any atom is -0.391 e. The van der Waals surface area contributed by atoms with E-state index in [-0.39, 0.29) is 17.4 Å². The van der Waals surface area contributed by atoms with Gasteiger partial charge < -0.3 is 10.4 Å². The van der Waals surface area contributed by atoms with E-state index in [1.54, 1.807) is 31.3 Å². The third-order valence-corrected chi connectivity index (χ3v) is 5.54. The molecule has 0 aliphatic carbocycles. The highest BCUT2D eigenvalue weighted by Gasteiger charge is 2.32. The minimum absolute atomic E-state index is 0.151. The Morgan fingerprint density at radius 2 is 1.95 bits per heavy atom. The molecule has 6 heteroatoms. The van der Waals surface area contributed by atoms with Gasteiger partial charge >= 0.3 is 0 Å². The molecule has 1 aliphatic heterocycles. The van der Waals surface area contributed by atoms with Crippen molar-refractivity contribution in [3.63, 3.8) is 0 Å². The Kier molecular flexibility index (Phi) is 4.13. The summed E-state index contributed by atoms with van der Waals surface area (Å²) in [4.78, 5) is 0.272. The summed E-state index contributed by atoms with van der Waals surface area (Å²) in [5.74, 6) is 0.151. The molecule has 1 aromatic carbocycles. The highest BCUT2D eigenvalue weighted by Crippen LogP contribution is 2.24. The van der Waals surface area contributed by atoms with Crippen LogP contribution in [0.2, 0.25) is 0 Å². The first-order valence-electron chi connectivity index (χ1n) is 6.41. The van der Waals surface area contributed by atoms with Crippen LogP contribution in [-0.2, 0) is 10.0 Å². The lowest BCUT2D eigenvalue weighted by Crippen LogP contribution is -2.45. The Labute approximate surface area is 114 Å². The van der Waals surface area contributed by atoms with Crippen LogP contribution in [0.3, 0.4) is 0 Å². The zero-order valence-corrected chi connectivity index (χ0v) is 12.0. The van der Waals surface area contributed by atoms with Gasteiger partial charge in [0.15, 0.2) is 0 Å². The first-order chi connectivity index (χ1) is 8.95. The number of benzene rings is 1. The SMILES string of the molecule is CNc1ccc(S(=O)(=O)N2CCC(C)C(O)C2)cc1. The number of nitrogens with one attached hydrogen (secondary N) is 1. The Morgan fingerprint density at radius 1 is 1.32 bits per heavy atom. The Morgan fingerprint density at radius 3 is 2.47 bits per heavy atom. The van der Waals surface area contributed by atoms with Crippen LogP contribution in [0.1, 0.15) is 13.3 Å². The lowest BCUT2D eigenvalue weighted by molar-refractivity contribution is 0.0605. The van der Waals surface area contributed by atoms with Crippen LogP contribution in [0, 0.1) is 5.92 Å². The average Bonchev–Trinajstić information content (AvgIpc) is 2.41. The largest absolute Gasteiger partial charge is 0.391 e. The van der Waals surface area contributed by atoms with Crippen molar-refractivity contribution >= 4 is 15.7 Å². The molecule has 0 amide bonds. The standard InChI is InChI=1S/C13H20N2O3S/c1-10-7-8-15(9-13(10)16)19(17,18)12-5-3-11(14-2)4-6-12/h3-6,10,13-14,16H,7-9H2,1-2H3. The summed E-state index contributed by atoms with van der Waals surface area (Å²) in [6.07, 6.45) is 0.106. The lowest BCUT2D eigenvalue weighted by atomic mass is 9.98. The highest BCUT2D eigenvalue weighted by molar-refractivity contribution is 7.89. The number of piperidine rings is 1. The second kappa shape index (κ2) is 5.48. The van der Waals surface area contributed by atoms with Crippen LogP contribution < -0.4 is 5.32 Å². The van der Waals surface area contributed by atoms with Gasteiger partial charge in [0.1, 0.15) is 0 Å². The molecule has 0 radical (unpaired) electrons. The molecule has 0 saturated carbocycles. The maximum absolute atomic E-state index is 12.4. The average molecular weight is 284 g/mol. The number of β-amino-alcohol motifs (C(OH)–C–C–N with tert-alkyl or cyclic N) is 1. The molecule has 0 bridgehead atoms. The molecular weight excluding hydrogens is 264 g/mol. The van der Waals surface area contributed by atoms with Crippen LogP contribution in [0.5, 0.6) is 0 Å². The summed E-state index contributed by atoms with van der Waals surface area (Å²) in [7, 11) is -1.71. The number of aliphatic hydroxyl groups is 1. The van der Waals surface area contributed by atoms with E-state index < -0.39 is 16.1 Å². The van der Waals surface area contributed by atoms with Crippen LogP contribution in [0.25, 0.3) is 0 Å². The molecule has 1 heterocycles. The van der Waals surface area contributed by atoms with E-state index in [1.807, 2.05) is 6.92 Å². The molecule has 1 saturated heterocycles. The molecule has 1 aromatic rings. The highest BCUT2D eigenvalue weighted by atomic mass is 32.2. The fraction of sp³-hybridized carbons (Fsp3) is 0.538. The number of hydrogen-bond acceptors (Lipinski definition) is 4. The van der Waals surface area contributed by atoms with E-state index in [2.05, 4.69) is 5.32 Å². The van der Waals surface area contributed by atoms with E-state index in [9.17, 15) is 13.5 Å². The number of rotatable bonds is 3. The first kappa shape index (κ1) is 14.3. The van der Waals surface area contributed by atoms with Crippen LogP contribution in [-0.4, -0.2) is 44.1 Å². The van der Waals surface area contributed by atoms with Gasteiger partial charge in [-0.05, 0) is 36.6 Å². The molecule has 2 rings (SSSR count). The van der Waals surface area contributed by atoms with Crippen molar-refractivity contribution < 1.29 is 13.5 Å². The predicted octanol–water partition coefficient (Wildman–Crippen LogP) is 1.12. The van der Waals surface area contributed by atoms with Gasteiger partial charge in [-0.15, -0.1) is 0 Å². The van der Waals surface area contributed by atoms with E-state index in [0.29, 0.717) is 13.0 Å². The van der Waals surface area contributed by atoms with Gasteiger partial charge in [0.25, 0.3) is 0 Å². The fourth-order valence-electron chi connectivity index (χ4n) is 2.18. The van der Waals surface area contributed by atoms with E-state index >= 15 is 0 Å². The normalized spacial score (nSPS) is 25.2. The maximum atomic E-state index is 12.4. The van der Waals surface area contributed by atoms with Gasteiger partial charge in [-0.2, -0.15) is 4.31 Å². The zero-order chi connectivity index (χ0) is 14.0. The topological polar surface area (TPSA) is 69.6 Å². The van der Waals surface area contributed by atoms with Crippen molar-refractivity contribution in [3.8, 4) is 0 Å². The van der Waals surface area contributed by atoms with Gasteiger partial charge in [0.2, 0.25) is 10.0 Å². The van der Waals surface area contributed by atoms with E-state index in [0.717, 1.165) is 5.69 Å². The summed E-state index contributed by atoms with van der Waals surface area (Å²) >= 11 is 0.